The van der Waals surface area contributed by atoms with Crippen LogP contribution in [0.25, 0.3) is 20.8 Å². The summed E-state index contributed by atoms with van der Waals surface area (Å²) in [5.74, 6) is 0.382. The van der Waals surface area contributed by atoms with Crippen molar-refractivity contribution in [3.05, 3.63) is 42.2 Å². The van der Waals surface area contributed by atoms with E-state index in [2.05, 4.69) is 4.98 Å². The molecule has 0 fully saturated rings. The predicted molar refractivity (Wildman–Crippen MR) is 76.0 cm³/mol. The van der Waals surface area contributed by atoms with Crippen LogP contribution in [0.15, 0.2) is 36.4 Å². The second kappa shape index (κ2) is 4.51. The van der Waals surface area contributed by atoms with E-state index >= 15 is 0 Å². The van der Waals surface area contributed by atoms with Gasteiger partial charge in [-0.15, -0.1) is 11.3 Å². The molecule has 1 aromatic heterocycles. The average Bonchev–Trinajstić information content (AvgIpc) is 2.84. The zero-order valence-electron chi connectivity index (χ0n) is 10.2. The van der Waals surface area contributed by atoms with E-state index in [1.165, 1.54) is 17.4 Å². The third-order valence-electron chi connectivity index (χ3n) is 2.84. The second-order valence-corrected chi connectivity index (χ2v) is 5.12. The first-order chi connectivity index (χ1) is 9.17. The topological polar surface area (TPSA) is 48.1 Å². The largest absolute Gasteiger partial charge is 0.497 e. The molecule has 0 aliphatic heterocycles. The van der Waals surface area contributed by atoms with E-state index in [0.29, 0.717) is 0 Å². The zero-order valence-corrected chi connectivity index (χ0v) is 11.0. The molecule has 2 N–H and O–H groups in total. The number of anilines is 1. The van der Waals surface area contributed by atoms with Crippen LogP contribution < -0.4 is 10.5 Å². The smallest absolute Gasteiger partial charge is 0.146 e. The fraction of sp³-hybridized carbons (Fsp3) is 0.0714. The number of rotatable bonds is 2. The minimum Gasteiger partial charge on any atom is -0.497 e. The van der Waals surface area contributed by atoms with Crippen LogP contribution in [0.4, 0.5) is 10.1 Å². The molecule has 5 heteroatoms. The Balaban J connectivity index is 2.11. The SMILES string of the molecule is COc1ccc2nc(-c3ccc(F)c(N)c3)sc2c1. The zero-order chi connectivity index (χ0) is 13.4. The van der Waals surface area contributed by atoms with E-state index in [9.17, 15) is 4.39 Å². The van der Waals surface area contributed by atoms with Crippen LogP contribution in [0.3, 0.4) is 0 Å². The first kappa shape index (κ1) is 11.9. The van der Waals surface area contributed by atoms with E-state index < -0.39 is 5.82 Å². The summed E-state index contributed by atoms with van der Waals surface area (Å²) >= 11 is 1.53. The van der Waals surface area contributed by atoms with Crippen molar-refractivity contribution in [3.63, 3.8) is 0 Å². The van der Waals surface area contributed by atoms with Gasteiger partial charge in [0, 0.05) is 5.56 Å². The number of nitrogens with two attached hydrogens (primary N) is 1. The summed E-state index contributed by atoms with van der Waals surface area (Å²) in [4.78, 5) is 4.51. The molecule has 0 radical (unpaired) electrons. The predicted octanol–water partition coefficient (Wildman–Crippen LogP) is 3.69. The van der Waals surface area contributed by atoms with Crippen LogP contribution >= 0.6 is 11.3 Å². The van der Waals surface area contributed by atoms with Gasteiger partial charge >= 0.3 is 0 Å². The van der Waals surface area contributed by atoms with Gasteiger partial charge in [-0.25, -0.2) is 9.37 Å². The molecule has 0 atom stereocenters. The van der Waals surface area contributed by atoms with E-state index in [1.807, 2.05) is 18.2 Å². The van der Waals surface area contributed by atoms with Gasteiger partial charge < -0.3 is 10.5 Å². The standard InChI is InChI=1S/C14H11FN2OS/c1-18-9-3-5-12-13(7-9)19-14(17-12)8-2-4-10(15)11(16)6-8/h2-7H,16H2,1H3. The van der Waals surface area contributed by atoms with E-state index in [-0.39, 0.29) is 5.69 Å². The van der Waals surface area contributed by atoms with Crippen LogP contribution in [0.5, 0.6) is 5.75 Å². The molecule has 96 valence electrons. The summed E-state index contributed by atoms with van der Waals surface area (Å²) in [5, 5.41) is 0.815. The number of hydrogen-bond acceptors (Lipinski definition) is 4. The van der Waals surface area contributed by atoms with Gasteiger partial charge in [-0.05, 0) is 36.4 Å². The van der Waals surface area contributed by atoms with Gasteiger partial charge in [0.2, 0.25) is 0 Å². The number of halogens is 1. The highest BCUT2D eigenvalue weighted by Crippen LogP contribution is 2.33. The van der Waals surface area contributed by atoms with Crippen LogP contribution in [-0.2, 0) is 0 Å². The van der Waals surface area contributed by atoms with Crippen LogP contribution in [-0.4, -0.2) is 12.1 Å². The lowest BCUT2D eigenvalue weighted by molar-refractivity contribution is 0.415. The Kier molecular flexibility index (Phi) is 2.83. The number of thiazole rings is 1. The van der Waals surface area contributed by atoms with Gasteiger partial charge in [-0.3, -0.25) is 0 Å². The van der Waals surface area contributed by atoms with Crippen molar-refractivity contribution in [3.8, 4) is 16.3 Å². The van der Waals surface area contributed by atoms with Crippen molar-refractivity contribution in [2.45, 2.75) is 0 Å². The van der Waals surface area contributed by atoms with Crippen LogP contribution in [0, 0.1) is 5.82 Å². The maximum absolute atomic E-state index is 13.2. The van der Waals surface area contributed by atoms with Gasteiger partial charge in [0.1, 0.15) is 16.6 Å². The van der Waals surface area contributed by atoms with Crippen LogP contribution in [0.2, 0.25) is 0 Å². The molecule has 0 saturated carbocycles. The highest BCUT2D eigenvalue weighted by molar-refractivity contribution is 7.21. The van der Waals surface area contributed by atoms with Crippen molar-refractivity contribution in [1.82, 2.24) is 4.98 Å². The van der Waals surface area contributed by atoms with Crippen molar-refractivity contribution < 1.29 is 9.13 Å². The van der Waals surface area contributed by atoms with Crippen LogP contribution in [0.1, 0.15) is 0 Å². The number of fused-ring (bicyclic) bond motifs is 1. The molecule has 2 aromatic carbocycles. The Labute approximate surface area is 113 Å². The van der Waals surface area contributed by atoms with Gasteiger partial charge in [0.25, 0.3) is 0 Å². The highest BCUT2D eigenvalue weighted by Gasteiger charge is 2.09. The Morgan fingerprint density at radius 3 is 2.79 bits per heavy atom. The molecule has 3 nitrogen and oxygen atoms in total. The fourth-order valence-electron chi connectivity index (χ4n) is 1.83. The molecule has 19 heavy (non-hydrogen) atoms. The van der Waals surface area contributed by atoms with Crippen molar-refractivity contribution in [2.75, 3.05) is 12.8 Å². The molecule has 3 rings (SSSR count). The number of nitrogen functional groups attached to an aromatic ring is 1. The number of aromatic nitrogens is 1. The third kappa shape index (κ3) is 2.13. The van der Waals surface area contributed by atoms with Gasteiger partial charge in [-0.2, -0.15) is 0 Å². The maximum atomic E-state index is 13.2. The summed E-state index contributed by atoms with van der Waals surface area (Å²) in [6, 6.07) is 10.3. The lowest BCUT2D eigenvalue weighted by Crippen LogP contribution is -1.90. The fourth-order valence-corrected chi connectivity index (χ4v) is 2.82. The van der Waals surface area contributed by atoms with E-state index in [4.69, 9.17) is 10.5 Å². The minimum absolute atomic E-state index is 0.134. The molecule has 1 heterocycles. The lowest BCUT2D eigenvalue weighted by atomic mass is 10.2. The highest BCUT2D eigenvalue weighted by atomic mass is 32.1. The Morgan fingerprint density at radius 2 is 2.05 bits per heavy atom. The normalized spacial score (nSPS) is 10.8. The van der Waals surface area contributed by atoms with Gasteiger partial charge in [-0.1, -0.05) is 0 Å². The molecular weight excluding hydrogens is 263 g/mol. The lowest BCUT2D eigenvalue weighted by Gasteiger charge is -1.99. The van der Waals surface area contributed by atoms with Crippen molar-refractivity contribution in [1.29, 1.82) is 0 Å². The van der Waals surface area contributed by atoms with E-state index in [0.717, 1.165) is 26.5 Å². The molecule has 0 unspecified atom stereocenters. The number of benzene rings is 2. The molecule has 0 bridgehead atoms. The molecule has 0 aliphatic carbocycles. The summed E-state index contributed by atoms with van der Waals surface area (Å²) in [7, 11) is 1.63. The van der Waals surface area contributed by atoms with E-state index in [1.54, 1.807) is 19.2 Å². The second-order valence-electron chi connectivity index (χ2n) is 4.09. The monoisotopic (exact) mass is 274 g/mol. The quantitative estimate of drug-likeness (QED) is 0.725. The number of nitrogens with zero attached hydrogens (tertiary/aromatic N) is 1. The average molecular weight is 274 g/mol. The van der Waals surface area contributed by atoms with Gasteiger partial charge in [0.15, 0.2) is 0 Å². The first-order valence-electron chi connectivity index (χ1n) is 5.67. The molecule has 0 amide bonds. The van der Waals surface area contributed by atoms with Crippen molar-refractivity contribution >= 4 is 27.2 Å². The first-order valence-corrected chi connectivity index (χ1v) is 6.49. The van der Waals surface area contributed by atoms with Gasteiger partial charge in [0.05, 0.1) is 23.0 Å². The third-order valence-corrected chi connectivity index (χ3v) is 3.91. The molecular formula is C14H11FN2OS. The Morgan fingerprint density at radius 1 is 1.21 bits per heavy atom. The summed E-state index contributed by atoms with van der Waals surface area (Å²) < 4.78 is 19.4. The van der Waals surface area contributed by atoms with Crippen molar-refractivity contribution in [2.24, 2.45) is 0 Å². The Hall–Kier alpha value is -2.14. The minimum atomic E-state index is -0.411. The number of methoxy groups -OCH3 is 1. The summed E-state index contributed by atoms with van der Waals surface area (Å²) in [6.07, 6.45) is 0. The Bertz CT molecular complexity index is 754. The molecule has 0 aliphatic rings. The summed E-state index contributed by atoms with van der Waals surface area (Å²) in [5.41, 5.74) is 7.42. The number of hydrogen-bond donors (Lipinski definition) is 1. The molecule has 3 aromatic rings. The number of ether oxygens (including phenoxy) is 1. The molecule has 0 spiro atoms. The summed E-state index contributed by atoms with van der Waals surface area (Å²) in [6.45, 7) is 0. The maximum Gasteiger partial charge on any atom is 0.146 e. The molecule has 0 saturated heterocycles.